The van der Waals surface area contributed by atoms with Crippen LogP contribution in [0.1, 0.15) is 98.6 Å². The molecule has 3 saturated carbocycles. The Hall–Kier alpha value is -2.66. The average molecular weight is 543 g/mol. The number of hydrogen-bond acceptors (Lipinski definition) is 4. The molecule has 3 fully saturated rings. The van der Waals surface area contributed by atoms with Gasteiger partial charge in [0.1, 0.15) is 5.75 Å². The zero-order valence-corrected chi connectivity index (χ0v) is 24.3. The monoisotopic (exact) mass is 542 g/mol. The SMILES string of the molecule is COc1ccc(C2CCC(CN(C(=O)C3CCCCC3)c3cccc(-c4cnc(C5CC5)s4)c3)CC2)cc1C. The molecule has 0 spiro atoms. The quantitative estimate of drug-likeness (QED) is 0.285. The number of nitrogens with zero attached hydrogens (tertiary/aromatic N) is 2. The van der Waals surface area contributed by atoms with Crippen LogP contribution in [0.2, 0.25) is 0 Å². The summed E-state index contributed by atoms with van der Waals surface area (Å²) in [5.74, 6) is 3.31. The van der Waals surface area contributed by atoms with Gasteiger partial charge in [0, 0.05) is 30.3 Å². The Morgan fingerprint density at radius 1 is 0.949 bits per heavy atom. The summed E-state index contributed by atoms with van der Waals surface area (Å²) in [5, 5.41) is 1.27. The predicted molar refractivity (Wildman–Crippen MR) is 161 cm³/mol. The first-order chi connectivity index (χ1) is 19.1. The summed E-state index contributed by atoms with van der Waals surface area (Å²) in [5.41, 5.74) is 4.91. The molecule has 3 aliphatic carbocycles. The normalized spacial score (nSPS) is 22.0. The van der Waals surface area contributed by atoms with Crippen molar-refractivity contribution >= 4 is 22.9 Å². The van der Waals surface area contributed by atoms with Gasteiger partial charge in [-0.05, 0) is 105 Å². The standard InChI is InChI=1S/C34H42N2O2S/c1-23-19-28(17-18-31(23)38-2)25-13-11-24(12-14-25)22-36(34(37)27-7-4-3-5-8-27)30-10-6-9-29(20-30)32-21-35-33(39-32)26-15-16-26/h6,9-10,17-21,24-27H,3-5,7-8,11-16,22H2,1-2H3. The number of amides is 1. The van der Waals surface area contributed by atoms with Crippen LogP contribution in [0.5, 0.6) is 5.75 Å². The van der Waals surface area contributed by atoms with Crippen molar-refractivity contribution in [3.8, 4) is 16.2 Å². The molecule has 3 aliphatic rings. The van der Waals surface area contributed by atoms with Gasteiger partial charge in [-0.2, -0.15) is 0 Å². The molecule has 4 nitrogen and oxygen atoms in total. The van der Waals surface area contributed by atoms with Crippen molar-refractivity contribution in [1.29, 1.82) is 0 Å². The maximum absolute atomic E-state index is 14.0. The van der Waals surface area contributed by atoms with Gasteiger partial charge in [-0.15, -0.1) is 11.3 Å². The fourth-order valence-corrected chi connectivity index (χ4v) is 7.84. The van der Waals surface area contributed by atoms with E-state index >= 15 is 0 Å². The highest BCUT2D eigenvalue weighted by Gasteiger charge is 2.31. The number of ether oxygens (including phenoxy) is 1. The number of anilines is 1. The van der Waals surface area contributed by atoms with Gasteiger partial charge in [-0.3, -0.25) is 4.79 Å². The van der Waals surface area contributed by atoms with E-state index in [-0.39, 0.29) is 5.92 Å². The molecular weight excluding hydrogens is 500 g/mol. The number of hydrogen-bond donors (Lipinski definition) is 0. The average Bonchev–Trinajstić information content (AvgIpc) is 3.72. The summed E-state index contributed by atoms with van der Waals surface area (Å²) in [7, 11) is 1.74. The number of aryl methyl sites for hydroxylation is 1. The number of rotatable bonds is 8. The van der Waals surface area contributed by atoms with E-state index in [1.807, 2.05) is 17.5 Å². The van der Waals surface area contributed by atoms with Gasteiger partial charge in [0.05, 0.1) is 17.0 Å². The van der Waals surface area contributed by atoms with Crippen LogP contribution in [0.3, 0.4) is 0 Å². The smallest absolute Gasteiger partial charge is 0.230 e. The van der Waals surface area contributed by atoms with E-state index in [4.69, 9.17) is 9.72 Å². The highest BCUT2D eigenvalue weighted by Crippen LogP contribution is 2.44. The summed E-state index contributed by atoms with van der Waals surface area (Å²) >= 11 is 1.83. The predicted octanol–water partition coefficient (Wildman–Crippen LogP) is 8.89. The van der Waals surface area contributed by atoms with Crippen LogP contribution < -0.4 is 9.64 Å². The molecule has 0 N–H and O–H groups in total. The molecule has 0 aliphatic heterocycles. The summed E-state index contributed by atoms with van der Waals surface area (Å²) < 4.78 is 5.47. The molecule has 39 heavy (non-hydrogen) atoms. The summed E-state index contributed by atoms with van der Waals surface area (Å²) in [6.45, 7) is 2.97. The van der Waals surface area contributed by atoms with E-state index in [0.717, 1.165) is 30.8 Å². The van der Waals surface area contributed by atoms with Crippen molar-refractivity contribution in [2.75, 3.05) is 18.6 Å². The van der Waals surface area contributed by atoms with Crippen molar-refractivity contribution in [3.63, 3.8) is 0 Å². The van der Waals surface area contributed by atoms with Crippen molar-refractivity contribution < 1.29 is 9.53 Å². The topological polar surface area (TPSA) is 42.4 Å². The summed E-state index contributed by atoms with van der Waals surface area (Å²) in [6.07, 6.45) is 15.0. The Labute approximate surface area is 237 Å². The molecule has 6 rings (SSSR count). The molecule has 2 aromatic carbocycles. The summed E-state index contributed by atoms with van der Waals surface area (Å²) in [4.78, 5) is 22.1. The fraction of sp³-hybridized carbons (Fsp3) is 0.529. The van der Waals surface area contributed by atoms with Crippen LogP contribution in [0.25, 0.3) is 10.4 Å². The minimum Gasteiger partial charge on any atom is -0.496 e. The zero-order valence-electron chi connectivity index (χ0n) is 23.5. The maximum Gasteiger partial charge on any atom is 0.230 e. The number of thiazole rings is 1. The van der Waals surface area contributed by atoms with Crippen molar-refractivity contribution in [2.45, 2.75) is 89.4 Å². The number of methoxy groups -OCH3 is 1. The fourth-order valence-electron chi connectivity index (χ4n) is 6.75. The van der Waals surface area contributed by atoms with Gasteiger partial charge in [0.2, 0.25) is 5.91 Å². The second-order valence-electron chi connectivity index (χ2n) is 12.1. The lowest BCUT2D eigenvalue weighted by atomic mass is 9.78. The van der Waals surface area contributed by atoms with E-state index in [0.29, 0.717) is 23.7 Å². The van der Waals surface area contributed by atoms with Gasteiger partial charge in [0.15, 0.2) is 0 Å². The van der Waals surface area contributed by atoms with E-state index in [1.54, 1.807) is 7.11 Å². The third-order valence-corrected chi connectivity index (χ3v) is 10.5. The second-order valence-corrected chi connectivity index (χ2v) is 13.2. The van der Waals surface area contributed by atoms with Crippen molar-refractivity contribution in [3.05, 3.63) is 64.8 Å². The van der Waals surface area contributed by atoms with Crippen LogP contribution in [0.4, 0.5) is 5.69 Å². The molecule has 5 heteroatoms. The van der Waals surface area contributed by atoms with Crippen LogP contribution in [-0.4, -0.2) is 24.5 Å². The first kappa shape index (κ1) is 26.6. The van der Waals surface area contributed by atoms with E-state index in [2.05, 4.69) is 54.3 Å². The lowest BCUT2D eigenvalue weighted by Crippen LogP contribution is -2.41. The Morgan fingerprint density at radius 3 is 2.44 bits per heavy atom. The Kier molecular flexibility index (Phi) is 8.06. The van der Waals surface area contributed by atoms with Gasteiger partial charge >= 0.3 is 0 Å². The third-order valence-electron chi connectivity index (χ3n) is 9.29. The molecular formula is C34H42N2O2S. The first-order valence-corrected chi connectivity index (χ1v) is 15.9. The van der Waals surface area contributed by atoms with Crippen LogP contribution in [-0.2, 0) is 4.79 Å². The van der Waals surface area contributed by atoms with Gasteiger partial charge in [-0.25, -0.2) is 4.98 Å². The molecule has 0 unspecified atom stereocenters. The Morgan fingerprint density at radius 2 is 1.72 bits per heavy atom. The molecule has 0 radical (unpaired) electrons. The molecule has 1 heterocycles. The lowest BCUT2D eigenvalue weighted by molar-refractivity contribution is -0.123. The third kappa shape index (κ3) is 6.09. The van der Waals surface area contributed by atoms with E-state index < -0.39 is 0 Å². The molecule has 0 saturated heterocycles. The summed E-state index contributed by atoms with van der Waals surface area (Å²) in [6, 6.07) is 15.4. The molecule has 0 atom stereocenters. The van der Waals surface area contributed by atoms with E-state index in [1.165, 1.54) is 84.4 Å². The largest absolute Gasteiger partial charge is 0.496 e. The van der Waals surface area contributed by atoms with E-state index in [9.17, 15) is 4.79 Å². The highest BCUT2D eigenvalue weighted by molar-refractivity contribution is 7.15. The molecule has 1 amide bonds. The zero-order chi connectivity index (χ0) is 26.8. The van der Waals surface area contributed by atoms with Gasteiger partial charge in [0.25, 0.3) is 0 Å². The number of benzene rings is 2. The first-order valence-electron chi connectivity index (χ1n) is 15.1. The van der Waals surface area contributed by atoms with Crippen LogP contribution >= 0.6 is 11.3 Å². The molecule has 3 aromatic rings. The molecule has 0 bridgehead atoms. The van der Waals surface area contributed by atoms with Crippen molar-refractivity contribution in [1.82, 2.24) is 4.98 Å². The minimum atomic E-state index is 0.172. The lowest BCUT2D eigenvalue weighted by Gasteiger charge is -2.35. The Bertz CT molecular complexity index is 1280. The number of aromatic nitrogens is 1. The second kappa shape index (κ2) is 11.8. The highest BCUT2D eigenvalue weighted by atomic mass is 32.1. The van der Waals surface area contributed by atoms with Gasteiger partial charge < -0.3 is 9.64 Å². The molecule has 1 aromatic heterocycles. The van der Waals surface area contributed by atoms with Gasteiger partial charge in [-0.1, -0.05) is 43.5 Å². The Balaban J connectivity index is 1.19. The number of carbonyl (C=O) groups excluding carboxylic acids is 1. The maximum atomic E-state index is 14.0. The van der Waals surface area contributed by atoms with Crippen LogP contribution in [0, 0.1) is 18.8 Å². The number of carbonyl (C=O) groups is 1. The molecule has 206 valence electrons. The van der Waals surface area contributed by atoms with Crippen LogP contribution in [0.15, 0.2) is 48.7 Å². The van der Waals surface area contributed by atoms with Crippen molar-refractivity contribution in [2.24, 2.45) is 11.8 Å². The minimum absolute atomic E-state index is 0.172.